The van der Waals surface area contributed by atoms with Gasteiger partial charge in [0.2, 0.25) is 5.91 Å². The lowest BCUT2D eigenvalue weighted by Crippen LogP contribution is -2.42. The smallest absolute Gasteiger partial charge is 0.236 e. The molecule has 120 valence electrons. The van der Waals surface area contributed by atoms with Crippen LogP contribution in [0.25, 0.3) is 11.0 Å². The molecular weight excluding hydrogens is 283 g/mol. The summed E-state index contributed by atoms with van der Waals surface area (Å²) in [5, 5.41) is 2.83. The Bertz CT molecular complexity index is 665. The van der Waals surface area contributed by atoms with E-state index >= 15 is 0 Å². The van der Waals surface area contributed by atoms with Crippen LogP contribution in [0.15, 0.2) is 18.2 Å². The third-order valence-corrected chi connectivity index (χ3v) is 3.65. The van der Waals surface area contributed by atoms with Gasteiger partial charge in [0.15, 0.2) is 0 Å². The summed E-state index contributed by atoms with van der Waals surface area (Å²) in [5.74, 6) is 0.748. The first kappa shape index (κ1) is 16.4. The fraction of sp³-hybridized carbons (Fsp3) is 0.500. The van der Waals surface area contributed by atoms with Crippen LogP contribution in [0.4, 0.5) is 4.39 Å². The lowest BCUT2D eigenvalue weighted by molar-refractivity contribution is -0.122. The molecule has 0 unspecified atom stereocenters. The monoisotopic (exact) mass is 306 g/mol. The third kappa shape index (κ3) is 3.82. The number of nitrogens with two attached hydrogens (primary N) is 1. The summed E-state index contributed by atoms with van der Waals surface area (Å²) in [6.45, 7) is 4.53. The number of imidazole rings is 1. The minimum absolute atomic E-state index is 0.140. The molecule has 1 atom stereocenters. The molecule has 0 aliphatic carbocycles. The van der Waals surface area contributed by atoms with Gasteiger partial charge in [0, 0.05) is 26.1 Å². The highest BCUT2D eigenvalue weighted by molar-refractivity contribution is 5.81. The number of benzene rings is 1. The predicted molar refractivity (Wildman–Crippen MR) is 84.8 cm³/mol. The van der Waals surface area contributed by atoms with Crippen molar-refractivity contribution in [3.63, 3.8) is 0 Å². The minimum Gasteiger partial charge on any atom is -0.354 e. The van der Waals surface area contributed by atoms with Crippen molar-refractivity contribution >= 4 is 16.9 Å². The molecule has 0 fully saturated rings. The average Bonchev–Trinajstić information content (AvgIpc) is 2.74. The number of aryl methyl sites for hydroxylation is 1. The van der Waals surface area contributed by atoms with Crippen molar-refractivity contribution in [2.24, 2.45) is 18.7 Å². The highest BCUT2D eigenvalue weighted by atomic mass is 19.1. The first-order chi connectivity index (χ1) is 10.4. The zero-order chi connectivity index (χ0) is 16.3. The standard InChI is InChI=1S/C16H23FN4O/c1-10(2)8-12(18)16(22)19-7-6-15-20-13-9-11(17)4-5-14(13)21(15)3/h4-5,9-10,12H,6-8,18H2,1-3H3,(H,19,22)/t12-/m0/s1. The Labute approximate surface area is 129 Å². The van der Waals surface area contributed by atoms with Gasteiger partial charge in [-0.05, 0) is 24.5 Å². The molecule has 0 saturated heterocycles. The van der Waals surface area contributed by atoms with Gasteiger partial charge in [-0.1, -0.05) is 13.8 Å². The Morgan fingerprint density at radius 1 is 1.45 bits per heavy atom. The topological polar surface area (TPSA) is 72.9 Å². The van der Waals surface area contributed by atoms with Crippen LogP contribution >= 0.6 is 0 Å². The summed E-state index contributed by atoms with van der Waals surface area (Å²) in [5.41, 5.74) is 7.33. The average molecular weight is 306 g/mol. The summed E-state index contributed by atoms with van der Waals surface area (Å²) in [6.07, 6.45) is 1.24. The molecule has 1 aromatic carbocycles. The van der Waals surface area contributed by atoms with Crippen LogP contribution in [-0.2, 0) is 18.3 Å². The molecule has 2 aromatic rings. The first-order valence-corrected chi connectivity index (χ1v) is 7.52. The molecule has 0 spiro atoms. The molecule has 22 heavy (non-hydrogen) atoms. The van der Waals surface area contributed by atoms with E-state index in [4.69, 9.17) is 5.73 Å². The molecule has 1 heterocycles. The fourth-order valence-corrected chi connectivity index (χ4v) is 2.49. The Kier molecular flexibility index (Phi) is 5.13. The number of hydrogen-bond donors (Lipinski definition) is 2. The van der Waals surface area contributed by atoms with Gasteiger partial charge < -0.3 is 15.6 Å². The number of nitrogens with one attached hydrogen (secondary N) is 1. The van der Waals surface area contributed by atoms with Crippen LogP contribution in [0.5, 0.6) is 0 Å². The van der Waals surface area contributed by atoms with E-state index in [1.54, 1.807) is 6.07 Å². The van der Waals surface area contributed by atoms with Crippen LogP contribution < -0.4 is 11.1 Å². The lowest BCUT2D eigenvalue weighted by Gasteiger charge is -2.14. The van der Waals surface area contributed by atoms with Crippen molar-refractivity contribution in [3.8, 4) is 0 Å². The molecule has 3 N–H and O–H groups in total. The second-order valence-corrected chi connectivity index (χ2v) is 6.00. The zero-order valence-corrected chi connectivity index (χ0v) is 13.3. The summed E-state index contributed by atoms with van der Waals surface area (Å²) in [4.78, 5) is 16.3. The van der Waals surface area contributed by atoms with E-state index in [1.807, 2.05) is 25.5 Å². The molecule has 0 saturated carbocycles. The molecule has 0 aliphatic rings. The lowest BCUT2D eigenvalue weighted by atomic mass is 10.0. The first-order valence-electron chi connectivity index (χ1n) is 7.52. The van der Waals surface area contributed by atoms with E-state index in [0.717, 1.165) is 11.3 Å². The summed E-state index contributed by atoms with van der Waals surface area (Å²) in [7, 11) is 1.88. The summed E-state index contributed by atoms with van der Waals surface area (Å²) >= 11 is 0. The van der Waals surface area contributed by atoms with Gasteiger partial charge in [0.1, 0.15) is 11.6 Å². The van der Waals surface area contributed by atoms with Gasteiger partial charge in [-0.2, -0.15) is 0 Å². The zero-order valence-electron chi connectivity index (χ0n) is 13.3. The van der Waals surface area contributed by atoms with E-state index in [0.29, 0.717) is 30.8 Å². The van der Waals surface area contributed by atoms with E-state index in [1.165, 1.54) is 12.1 Å². The maximum Gasteiger partial charge on any atom is 0.236 e. The van der Waals surface area contributed by atoms with E-state index in [-0.39, 0.29) is 11.7 Å². The highest BCUT2D eigenvalue weighted by Gasteiger charge is 2.15. The van der Waals surface area contributed by atoms with Crippen LogP contribution in [-0.4, -0.2) is 28.0 Å². The largest absolute Gasteiger partial charge is 0.354 e. The Morgan fingerprint density at radius 2 is 2.18 bits per heavy atom. The second kappa shape index (κ2) is 6.87. The van der Waals surface area contributed by atoms with Crippen molar-refractivity contribution in [1.82, 2.24) is 14.9 Å². The number of carbonyl (C=O) groups excluding carboxylic acids is 1. The number of nitrogens with zero attached hydrogens (tertiary/aromatic N) is 2. The van der Waals surface area contributed by atoms with Gasteiger partial charge in [0.05, 0.1) is 17.1 Å². The molecule has 0 aliphatic heterocycles. The molecule has 0 bridgehead atoms. The predicted octanol–water partition coefficient (Wildman–Crippen LogP) is 1.74. The van der Waals surface area contributed by atoms with Gasteiger partial charge in [-0.25, -0.2) is 9.37 Å². The number of halogens is 1. The van der Waals surface area contributed by atoms with Crippen molar-refractivity contribution in [3.05, 3.63) is 29.8 Å². The summed E-state index contributed by atoms with van der Waals surface area (Å²) in [6, 6.07) is 4.06. The van der Waals surface area contributed by atoms with Gasteiger partial charge in [0.25, 0.3) is 0 Å². The molecule has 2 rings (SSSR count). The van der Waals surface area contributed by atoms with Crippen molar-refractivity contribution in [2.45, 2.75) is 32.7 Å². The molecular formula is C16H23FN4O. The quantitative estimate of drug-likeness (QED) is 0.854. The van der Waals surface area contributed by atoms with Crippen molar-refractivity contribution in [1.29, 1.82) is 0 Å². The Hall–Kier alpha value is -1.95. The van der Waals surface area contributed by atoms with Gasteiger partial charge in [-0.3, -0.25) is 4.79 Å². The summed E-state index contributed by atoms with van der Waals surface area (Å²) < 4.78 is 15.1. The molecule has 6 heteroatoms. The number of hydrogen-bond acceptors (Lipinski definition) is 3. The normalized spacial score (nSPS) is 12.8. The Balaban J connectivity index is 1.95. The Morgan fingerprint density at radius 3 is 2.86 bits per heavy atom. The molecule has 5 nitrogen and oxygen atoms in total. The van der Waals surface area contributed by atoms with E-state index < -0.39 is 6.04 Å². The second-order valence-electron chi connectivity index (χ2n) is 6.00. The minimum atomic E-state index is -0.477. The number of fused-ring (bicyclic) bond motifs is 1. The SMILES string of the molecule is CC(C)C[C@H](N)C(=O)NCCc1nc2cc(F)ccc2n1C. The van der Waals surface area contributed by atoms with Crippen LogP contribution in [0.3, 0.4) is 0 Å². The van der Waals surface area contributed by atoms with Crippen LogP contribution in [0.1, 0.15) is 26.1 Å². The maximum absolute atomic E-state index is 13.2. The van der Waals surface area contributed by atoms with E-state index in [9.17, 15) is 9.18 Å². The van der Waals surface area contributed by atoms with E-state index in [2.05, 4.69) is 10.3 Å². The maximum atomic E-state index is 13.2. The fourth-order valence-electron chi connectivity index (χ4n) is 2.49. The number of rotatable bonds is 6. The third-order valence-electron chi connectivity index (χ3n) is 3.65. The highest BCUT2D eigenvalue weighted by Crippen LogP contribution is 2.16. The number of carbonyl (C=O) groups is 1. The molecule has 0 radical (unpaired) electrons. The van der Waals surface area contributed by atoms with Crippen molar-refractivity contribution in [2.75, 3.05) is 6.54 Å². The van der Waals surface area contributed by atoms with Crippen LogP contribution in [0, 0.1) is 11.7 Å². The molecule has 1 amide bonds. The number of aromatic nitrogens is 2. The van der Waals surface area contributed by atoms with Crippen molar-refractivity contribution < 1.29 is 9.18 Å². The van der Waals surface area contributed by atoms with Gasteiger partial charge in [-0.15, -0.1) is 0 Å². The molecule has 1 aromatic heterocycles. The van der Waals surface area contributed by atoms with Crippen LogP contribution in [0.2, 0.25) is 0 Å². The number of amides is 1. The van der Waals surface area contributed by atoms with Gasteiger partial charge >= 0.3 is 0 Å².